The van der Waals surface area contributed by atoms with E-state index >= 15 is 0 Å². The van der Waals surface area contributed by atoms with Gasteiger partial charge in [-0.2, -0.15) is 0 Å². The zero-order chi connectivity index (χ0) is 19.7. The summed E-state index contributed by atoms with van der Waals surface area (Å²) in [6.45, 7) is 3.18. The number of benzene rings is 1. The summed E-state index contributed by atoms with van der Waals surface area (Å²) in [6.07, 6.45) is 1.65. The summed E-state index contributed by atoms with van der Waals surface area (Å²) in [7, 11) is 2.03. The van der Waals surface area contributed by atoms with Crippen LogP contribution in [0.1, 0.15) is 15.9 Å². The second-order valence-electron chi connectivity index (χ2n) is 7.09. The minimum Gasteiger partial charge on any atom is -0.336 e. The van der Waals surface area contributed by atoms with Crippen molar-refractivity contribution in [2.75, 3.05) is 33.2 Å². The van der Waals surface area contributed by atoms with E-state index < -0.39 is 0 Å². The van der Waals surface area contributed by atoms with Crippen LogP contribution >= 0.6 is 11.6 Å². The first-order valence-electron chi connectivity index (χ1n) is 9.24. The van der Waals surface area contributed by atoms with Crippen molar-refractivity contribution in [3.05, 3.63) is 75.2 Å². The normalized spacial score (nSPS) is 15.1. The monoisotopic (exact) mass is 396 g/mol. The van der Waals surface area contributed by atoms with Crippen molar-refractivity contribution in [1.82, 2.24) is 19.4 Å². The van der Waals surface area contributed by atoms with Gasteiger partial charge in [-0.15, -0.1) is 0 Å². The zero-order valence-electron chi connectivity index (χ0n) is 15.6. The van der Waals surface area contributed by atoms with Gasteiger partial charge in [0.15, 0.2) is 0 Å². The minimum absolute atomic E-state index is 0.194. The quantitative estimate of drug-likeness (QED) is 0.682. The van der Waals surface area contributed by atoms with Gasteiger partial charge in [-0.05, 0) is 42.9 Å². The molecule has 6 nitrogen and oxygen atoms in total. The lowest BCUT2D eigenvalue weighted by molar-refractivity contribution is 0.0662. The second kappa shape index (κ2) is 7.73. The second-order valence-corrected chi connectivity index (χ2v) is 7.52. The van der Waals surface area contributed by atoms with Gasteiger partial charge < -0.3 is 9.80 Å². The van der Waals surface area contributed by atoms with E-state index in [1.54, 1.807) is 33.9 Å². The topological polar surface area (TPSA) is 58.4 Å². The van der Waals surface area contributed by atoms with E-state index in [2.05, 4.69) is 9.88 Å². The van der Waals surface area contributed by atoms with E-state index in [0.717, 1.165) is 24.0 Å². The van der Waals surface area contributed by atoms with E-state index in [1.165, 1.54) is 0 Å². The molecule has 1 aliphatic rings. The number of hydrogen-bond acceptors (Lipinski definition) is 4. The van der Waals surface area contributed by atoms with Crippen LogP contribution in [0.5, 0.6) is 0 Å². The van der Waals surface area contributed by atoms with Crippen molar-refractivity contribution in [2.24, 2.45) is 0 Å². The van der Waals surface area contributed by atoms with E-state index in [9.17, 15) is 9.59 Å². The predicted molar refractivity (Wildman–Crippen MR) is 110 cm³/mol. The molecule has 0 bridgehead atoms. The maximum absolute atomic E-state index is 13.2. The lowest BCUT2D eigenvalue weighted by Gasteiger charge is -2.32. The molecule has 3 heterocycles. The Hall–Kier alpha value is -2.70. The molecular weight excluding hydrogens is 376 g/mol. The van der Waals surface area contributed by atoms with Crippen LogP contribution in [0.3, 0.4) is 0 Å². The first-order valence-corrected chi connectivity index (χ1v) is 9.61. The highest BCUT2D eigenvalue weighted by Gasteiger charge is 2.24. The van der Waals surface area contributed by atoms with Crippen molar-refractivity contribution in [3.63, 3.8) is 0 Å². The van der Waals surface area contributed by atoms with Gasteiger partial charge in [-0.1, -0.05) is 23.7 Å². The average Bonchev–Trinajstić information content (AvgIpc) is 2.71. The number of rotatable bonds is 3. The molecule has 0 N–H and O–H groups in total. The zero-order valence-corrected chi connectivity index (χ0v) is 16.4. The highest BCUT2D eigenvalue weighted by molar-refractivity contribution is 6.30. The van der Waals surface area contributed by atoms with Gasteiger partial charge in [-0.25, -0.2) is 4.98 Å². The van der Waals surface area contributed by atoms with Crippen molar-refractivity contribution in [3.8, 4) is 0 Å². The number of halogens is 1. The smallest absolute Gasteiger partial charge is 0.265 e. The van der Waals surface area contributed by atoms with Crippen molar-refractivity contribution in [1.29, 1.82) is 0 Å². The van der Waals surface area contributed by atoms with Gasteiger partial charge in [0.05, 0.1) is 6.54 Å². The maximum Gasteiger partial charge on any atom is 0.265 e. The summed E-state index contributed by atoms with van der Waals surface area (Å²) in [5.74, 6) is -0.214. The number of fused-ring (bicyclic) bond motifs is 1. The molecule has 4 rings (SSSR count). The third-order valence-corrected chi connectivity index (χ3v) is 5.37. The van der Waals surface area contributed by atoms with E-state index in [1.807, 2.05) is 31.3 Å². The van der Waals surface area contributed by atoms with Crippen LogP contribution in [0.4, 0.5) is 0 Å². The van der Waals surface area contributed by atoms with E-state index in [0.29, 0.717) is 30.3 Å². The summed E-state index contributed by atoms with van der Waals surface area (Å²) < 4.78 is 1.57. The Morgan fingerprint density at radius 1 is 1.11 bits per heavy atom. The Morgan fingerprint density at radius 3 is 2.54 bits per heavy atom. The first-order chi connectivity index (χ1) is 13.5. The lowest BCUT2D eigenvalue weighted by atomic mass is 10.1. The fraction of sp³-hybridized carbons (Fsp3) is 0.286. The van der Waals surface area contributed by atoms with Gasteiger partial charge in [0, 0.05) is 42.8 Å². The molecule has 1 amide bonds. The Kier molecular flexibility index (Phi) is 5.15. The fourth-order valence-corrected chi connectivity index (χ4v) is 3.58. The predicted octanol–water partition coefficient (Wildman–Crippen LogP) is 2.49. The van der Waals surface area contributed by atoms with E-state index in [-0.39, 0.29) is 17.0 Å². The number of pyridine rings is 2. The van der Waals surface area contributed by atoms with Crippen LogP contribution in [0.15, 0.2) is 53.5 Å². The lowest BCUT2D eigenvalue weighted by Crippen LogP contribution is -2.48. The average molecular weight is 397 g/mol. The largest absolute Gasteiger partial charge is 0.336 e. The Labute approximate surface area is 168 Å². The molecule has 0 unspecified atom stereocenters. The van der Waals surface area contributed by atoms with Crippen molar-refractivity contribution < 1.29 is 4.79 Å². The van der Waals surface area contributed by atoms with Gasteiger partial charge >= 0.3 is 0 Å². The van der Waals surface area contributed by atoms with Crippen LogP contribution in [-0.4, -0.2) is 58.5 Å². The highest BCUT2D eigenvalue weighted by Crippen LogP contribution is 2.16. The maximum atomic E-state index is 13.2. The van der Waals surface area contributed by atoms with Crippen LogP contribution in [0.25, 0.3) is 11.0 Å². The van der Waals surface area contributed by atoms with Gasteiger partial charge in [0.1, 0.15) is 11.2 Å². The fourth-order valence-electron chi connectivity index (χ4n) is 3.46. The van der Waals surface area contributed by atoms with Crippen LogP contribution < -0.4 is 5.56 Å². The number of nitrogens with zero attached hydrogens (tertiary/aromatic N) is 4. The molecule has 0 radical (unpaired) electrons. The summed E-state index contributed by atoms with van der Waals surface area (Å²) in [5, 5.41) is 1.41. The van der Waals surface area contributed by atoms with E-state index in [4.69, 9.17) is 11.6 Å². The van der Waals surface area contributed by atoms with Crippen molar-refractivity contribution >= 4 is 28.5 Å². The number of carbonyl (C=O) groups excluding carboxylic acids is 1. The molecule has 144 valence electrons. The summed E-state index contributed by atoms with van der Waals surface area (Å²) in [4.78, 5) is 34.6. The van der Waals surface area contributed by atoms with Crippen LogP contribution in [-0.2, 0) is 6.54 Å². The molecule has 1 aliphatic heterocycles. The molecule has 0 aliphatic carbocycles. The third-order valence-electron chi connectivity index (χ3n) is 5.12. The highest BCUT2D eigenvalue weighted by atomic mass is 35.5. The van der Waals surface area contributed by atoms with Crippen molar-refractivity contribution in [2.45, 2.75) is 6.54 Å². The third kappa shape index (κ3) is 3.66. The molecule has 1 aromatic carbocycles. The van der Waals surface area contributed by atoms with Gasteiger partial charge in [-0.3, -0.25) is 14.2 Å². The standard InChI is InChI=1S/C21H21ClN4O2/c1-24-9-11-25(12-10-24)20(27)18-13-16-3-2-8-23-19(16)26(21(18)28)14-15-4-6-17(22)7-5-15/h2-8,13H,9-12,14H2,1H3. The van der Waals surface area contributed by atoms with Crippen LogP contribution in [0.2, 0.25) is 5.02 Å². The number of piperazine rings is 1. The number of hydrogen-bond donors (Lipinski definition) is 0. The Bertz CT molecular complexity index is 1070. The Morgan fingerprint density at radius 2 is 1.82 bits per heavy atom. The number of likely N-dealkylation sites (N-methyl/N-ethyl adjacent to an activating group) is 1. The Balaban J connectivity index is 1.77. The molecule has 2 aromatic heterocycles. The molecule has 0 saturated carbocycles. The SMILES string of the molecule is CN1CCN(C(=O)c2cc3cccnc3n(Cc3ccc(Cl)cc3)c2=O)CC1. The molecule has 28 heavy (non-hydrogen) atoms. The first kappa shape index (κ1) is 18.7. The van der Waals surface area contributed by atoms with Gasteiger partial charge in [0.25, 0.3) is 11.5 Å². The molecule has 3 aromatic rings. The van der Waals surface area contributed by atoms with Gasteiger partial charge in [0.2, 0.25) is 0 Å². The molecular formula is C21H21ClN4O2. The minimum atomic E-state index is -0.315. The molecule has 1 fully saturated rings. The number of carbonyl (C=O) groups is 1. The molecule has 0 atom stereocenters. The molecule has 1 saturated heterocycles. The summed E-state index contributed by atoms with van der Waals surface area (Å²) in [5.41, 5.74) is 1.36. The summed E-state index contributed by atoms with van der Waals surface area (Å²) >= 11 is 5.97. The molecule has 0 spiro atoms. The van der Waals surface area contributed by atoms with Crippen LogP contribution in [0, 0.1) is 0 Å². The number of amides is 1. The molecule has 7 heteroatoms. The summed E-state index contributed by atoms with van der Waals surface area (Å²) in [6, 6.07) is 12.7. The number of aromatic nitrogens is 2.